The zero-order valence-electron chi connectivity index (χ0n) is 18.3. The maximum Gasteiger partial charge on any atom is 0.158 e. The van der Waals surface area contributed by atoms with E-state index in [1.807, 2.05) is 23.6 Å². The van der Waals surface area contributed by atoms with Crippen molar-refractivity contribution in [3.05, 3.63) is 64.6 Å². The predicted molar refractivity (Wildman–Crippen MR) is 125 cm³/mol. The Bertz CT molecular complexity index is 1090. The average Bonchev–Trinajstić information content (AvgIpc) is 3.21. The lowest BCUT2D eigenvalue weighted by molar-refractivity contribution is 0.638. The van der Waals surface area contributed by atoms with Crippen molar-refractivity contribution in [2.75, 3.05) is 0 Å². The molecule has 152 valence electrons. The largest absolute Gasteiger partial charge is 0.241 e. The van der Waals surface area contributed by atoms with E-state index in [4.69, 9.17) is 15.1 Å². The topological polar surface area (TPSA) is 43.1 Å². The summed E-state index contributed by atoms with van der Waals surface area (Å²) in [5.41, 5.74) is 7.39. The van der Waals surface area contributed by atoms with Gasteiger partial charge >= 0.3 is 0 Å². The monoisotopic (exact) mass is 406 g/mol. The van der Waals surface area contributed by atoms with Gasteiger partial charge < -0.3 is 0 Å². The second kappa shape index (κ2) is 8.87. The molecule has 29 heavy (non-hydrogen) atoms. The van der Waals surface area contributed by atoms with Crippen molar-refractivity contribution in [3.63, 3.8) is 0 Å². The van der Waals surface area contributed by atoms with Crippen LogP contribution in [0.2, 0.25) is 0 Å². The molecule has 0 aliphatic heterocycles. The highest BCUT2D eigenvalue weighted by Gasteiger charge is 2.22. The molecule has 0 spiro atoms. The first-order valence-corrected chi connectivity index (χ1v) is 11.1. The molecule has 0 N–H and O–H groups in total. The van der Waals surface area contributed by atoms with E-state index in [1.165, 1.54) is 5.56 Å². The second-order valence-corrected chi connectivity index (χ2v) is 8.33. The lowest BCUT2D eigenvalue weighted by Crippen LogP contribution is -2.05. The highest BCUT2D eigenvalue weighted by Crippen LogP contribution is 2.37. The van der Waals surface area contributed by atoms with Gasteiger partial charge in [0.2, 0.25) is 0 Å². The van der Waals surface area contributed by atoms with Gasteiger partial charge in [-0.05, 0) is 52.5 Å². The standard InChI is InChI=1S/C24H30N4S/c1-8-12-19(13-9-2)24-26-17(7)22(29-24)21-16(6)25-23-20(18(10-3)11-4)14-15(5)27-28(21)23/h8-9,12-14,18H,1,10-11H2,2-7H3/b13-9-,19-12+. The van der Waals surface area contributed by atoms with Crippen LogP contribution in [0.4, 0.5) is 0 Å². The van der Waals surface area contributed by atoms with Crippen molar-refractivity contribution < 1.29 is 0 Å². The molecule has 0 unspecified atom stereocenters. The van der Waals surface area contributed by atoms with Crippen LogP contribution in [0.3, 0.4) is 0 Å². The second-order valence-electron chi connectivity index (χ2n) is 7.33. The minimum Gasteiger partial charge on any atom is -0.241 e. The summed E-state index contributed by atoms with van der Waals surface area (Å²) in [5.74, 6) is 0.490. The Balaban J connectivity index is 2.25. The van der Waals surface area contributed by atoms with Gasteiger partial charge in [-0.2, -0.15) is 5.10 Å². The number of aryl methyl sites for hydroxylation is 3. The first-order valence-electron chi connectivity index (χ1n) is 10.2. The summed E-state index contributed by atoms with van der Waals surface area (Å²) >= 11 is 1.69. The van der Waals surface area contributed by atoms with Crippen LogP contribution in [0.1, 0.15) is 67.2 Å². The Morgan fingerprint density at radius 1 is 1.17 bits per heavy atom. The molecule has 4 nitrogen and oxygen atoms in total. The normalized spacial score (nSPS) is 12.6. The summed E-state index contributed by atoms with van der Waals surface area (Å²) < 4.78 is 2.04. The fourth-order valence-corrected chi connectivity index (χ4v) is 4.97. The van der Waals surface area contributed by atoms with Gasteiger partial charge in [-0.15, -0.1) is 11.3 Å². The van der Waals surface area contributed by atoms with Crippen LogP contribution < -0.4 is 0 Å². The van der Waals surface area contributed by atoms with Crippen molar-refractivity contribution >= 4 is 22.6 Å². The minimum atomic E-state index is 0.490. The molecular weight excluding hydrogens is 376 g/mol. The number of hydrogen-bond acceptors (Lipinski definition) is 4. The molecule has 0 amide bonds. The molecule has 0 aliphatic carbocycles. The van der Waals surface area contributed by atoms with Gasteiger partial charge in [0.15, 0.2) is 5.65 Å². The van der Waals surface area contributed by atoms with Crippen LogP contribution >= 0.6 is 11.3 Å². The van der Waals surface area contributed by atoms with Crippen molar-refractivity contribution in [1.29, 1.82) is 0 Å². The Hall–Kier alpha value is -2.53. The van der Waals surface area contributed by atoms with Gasteiger partial charge in [0.1, 0.15) is 10.7 Å². The van der Waals surface area contributed by atoms with E-state index in [-0.39, 0.29) is 0 Å². The molecule has 0 atom stereocenters. The molecule has 0 saturated heterocycles. The summed E-state index contributed by atoms with van der Waals surface area (Å²) in [4.78, 5) is 10.9. The number of allylic oxidation sites excluding steroid dienone is 5. The minimum absolute atomic E-state index is 0.490. The number of rotatable bonds is 7. The molecule has 0 aromatic carbocycles. The zero-order chi connectivity index (χ0) is 21.1. The maximum absolute atomic E-state index is 4.95. The third-order valence-electron chi connectivity index (χ3n) is 5.24. The molecule has 0 radical (unpaired) electrons. The van der Waals surface area contributed by atoms with E-state index in [0.29, 0.717) is 5.92 Å². The zero-order valence-corrected chi connectivity index (χ0v) is 19.1. The molecule has 0 bridgehead atoms. The smallest absolute Gasteiger partial charge is 0.158 e. The number of aromatic nitrogens is 4. The summed E-state index contributed by atoms with van der Waals surface area (Å²) in [5, 5.41) is 5.82. The van der Waals surface area contributed by atoms with E-state index in [9.17, 15) is 0 Å². The van der Waals surface area contributed by atoms with Crippen molar-refractivity contribution in [2.24, 2.45) is 0 Å². The number of nitrogens with zero attached hydrogens (tertiary/aromatic N) is 4. The molecule has 0 fully saturated rings. The van der Waals surface area contributed by atoms with Gasteiger partial charge in [0.25, 0.3) is 0 Å². The lowest BCUT2D eigenvalue weighted by Gasteiger charge is -2.14. The van der Waals surface area contributed by atoms with E-state index in [1.54, 1.807) is 17.4 Å². The summed E-state index contributed by atoms with van der Waals surface area (Å²) in [6.07, 6.45) is 10.1. The Morgan fingerprint density at radius 2 is 1.90 bits per heavy atom. The summed E-state index contributed by atoms with van der Waals surface area (Å²) in [6, 6.07) is 2.20. The van der Waals surface area contributed by atoms with Gasteiger partial charge in [-0.3, -0.25) is 0 Å². The number of imidazole rings is 1. The summed E-state index contributed by atoms with van der Waals surface area (Å²) in [6.45, 7) is 16.5. The third-order valence-corrected chi connectivity index (χ3v) is 6.45. The van der Waals surface area contributed by atoms with Crippen LogP contribution in [0.5, 0.6) is 0 Å². The van der Waals surface area contributed by atoms with Gasteiger partial charge in [-0.1, -0.05) is 44.7 Å². The first-order chi connectivity index (χ1) is 13.9. The SMILES string of the molecule is C=C/C=C(\C=C/C)c1nc(C)c(-c2c(C)nc3c(C(CC)CC)cc(C)nn23)s1. The van der Waals surface area contributed by atoms with Crippen LogP contribution in [-0.2, 0) is 0 Å². The quantitative estimate of drug-likeness (QED) is 0.404. The number of hydrogen-bond donors (Lipinski definition) is 0. The van der Waals surface area contributed by atoms with Crippen LogP contribution in [0.15, 0.2) is 36.9 Å². The molecule has 5 heteroatoms. The molecule has 3 aromatic rings. The highest BCUT2D eigenvalue weighted by molar-refractivity contribution is 7.16. The van der Waals surface area contributed by atoms with Gasteiger partial charge in [-0.25, -0.2) is 14.5 Å². The van der Waals surface area contributed by atoms with Crippen LogP contribution in [0, 0.1) is 20.8 Å². The molecular formula is C24H30N4S. The molecule has 3 heterocycles. The van der Waals surface area contributed by atoms with Crippen molar-refractivity contribution in [3.8, 4) is 10.6 Å². The van der Waals surface area contributed by atoms with E-state index in [2.05, 4.69) is 53.3 Å². The Labute approximate surface area is 177 Å². The molecule has 0 aliphatic rings. The fourth-order valence-electron chi connectivity index (χ4n) is 3.81. The Kier molecular flexibility index (Phi) is 6.48. The molecule has 0 saturated carbocycles. The molecule has 3 rings (SSSR count). The van der Waals surface area contributed by atoms with E-state index >= 15 is 0 Å². The maximum atomic E-state index is 4.95. The number of fused-ring (bicyclic) bond motifs is 1. The van der Waals surface area contributed by atoms with Crippen molar-refractivity contribution in [2.45, 2.75) is 60.3 Å². The van der Waals surface area contributed by atoms with Crippen LogP contribution in [0.25, 0.3) is 21.8 Å². The summed E-state index contributed by atoms with van der Waals surface area (Å²) in [7, 11) is 0. The first kappa shape index (κ1) is 21.2. The molecule has 3 aromatic heterocycles. The van der Waals surface area contributed by atoms with Gasteiger partial charge in [0, 0.05) is 11.1 Å². The van der Waals surface area contributed by atoms with Crippen molar-refractivity contribution in [1.82, 2.24) is 19.6 Å². The average molecular weight is 407 g/mol. The number of thiazole rings is 1. The Morgan fingerprint density at radius 3 is 2.52 bits per heavy atom. The lowest BCUT2D eigenvalue weighted by atomic mass is 9.95. The third kappa shape index (κ3) is 3.97. The van der Waals surface area contributed by atoms with E-state index in [0.717, 1.165) is 56.7 Å². The predicted octanol–water partition coefficient (Wildman–Crippen LogP) is 6.83. The highest BCUT2D eigenvalue weighted by atomic mass is 32.1. The van der Waals surface area contributed by atoms with Crippen LogP contribution in [-0.4, -0.2) is 19.6 Å². The van der Waals surface area contributed by atoms with Gasteiger partial charge in [0.05, 0.1) is 22.0 Å². The van der Waals surface area contributed by atoms with E-state index < -0.39 is 0 Å². The fraction of sp³-hybridized carbons (Fsp3) is 0.375.